The molecular formula is C10H8ClF3N4. The number of nitrogen functional groups attached to an aromatic ring is 1. The number of alkyl halides is 3. The molecule has 18 heavy (non-hydrogen) atoms. The van der Waals surface area contributed by atoms with E-state index in [9.17, 15) is 13.2 Å². The monoisotopic (exact) mass is 276 g/mol. The number of anilines is 1. The lowest BCUT2D eigenvalue weighted by atomic mass is 10.2. The van der Waals surface area contributed by atoms with Crippen molar-refractivity contribution >= 4 is 17.4 Å². The van der Waals surface area contributed by atoms with E-state index < -0.39 is 11.7 Å². The van der Waals surface area contributed by atoms with Crippen molar-refractivity contribution in [3.8, 4) is 0 Å². The first kappa shape index (κ1) is 12.7. The number of pyridine rings is 1. The highest BCUT2D eigenvalue weighted by atomic mass is 35.5. The molecule has 0 aliphatic rings. The van der Waals surface area contributed by atoms with Gasteiger partial charge in [-0.25, -0.2) is 0 Å². The first-order valence-electron chi connectivity index (χ1n) is 4.87. The Morgan fingerprint density at radius 3 is 2.61 bits per heavy atom. The summed E-state index contributed by atoms with van der Waals surface area (Å²) in [6.07, 6.45) is -2.12. The molecule has 2 N–H and O–H groups in total. The summed E-state index contributed by atoms with van der Waals surface area (Å²) in [4.78, 5) is 3.70. The predicted molar refractivity (Wildman–Crippen MR) is 60.0 cm³/mol. The van der Waals surface area contributed by atoms with E-state index in [2.05, 4.69) is 10.1 Å². The Hall–Kier alpha value is -1.76. The number of aromatic nitrogens is 3. The lowest BCUT2D eigenvalue weighted by Gasteiger charge is -2.09. The molecule has 8 heteroatoms. The van der Waals surface area contributed by atoms with Gasteiger partial charge < -0.3 is 5.73 Å². The largest absolute Gasteiger partial charge is 0.417 e. The molecule has 0 saturated carbocycles. The Labute approximate surface area is 105 Å². The molecule has 0 unspecified atom stereocenters. The molecule has 0 atom stereocenters. The van der Waals surface area contributed by atoms with Gasteiger partial charge in [-0.05, 0) is 12.1 Å². The molecule has 0 radical (unpaired) electrons. The maximum atomic E-state index is 12.4. The van der Waals surface area contributed by atoms with Crippen molar-refractivity contribution in [1.29, 1.82) is 0 Å². The molecule has 0 aromatic carbocycles. The lowest BCUT2D eigenvalue weighted by molar-refractivity contribution is -0.137. The van der Waals surface area contributed by atoms with Gasteiger partial charge in [0.2, 0.25) is 0 Å². The Balaban J connectivity index is 2.25. The summed E-state index contributed by atoms with van der Waals surface area (Å²) in [5.74, 6) is 0.318. The molecule has 96 valence electrons. The van der Waals surface area contributed by atoms with Crippen LogP contribution >= 0.6 is 11.6 Å². The third-order valence-corrected chi connectivity index (χ3v) is 2.55. The number of halogens is 4. The SMILES string of the molecule is Nc1ccn(Cc2ncc(C(F)(F)F)cc2Cl)n1. The van der Waals surface area contributed by atoms with Crippen LogP contribution in [-0.4, -0.2) is 14.8 Å². The van der Waals surface area contributed by atoms with Crippen molar-refractivity contribution in [2.24, 2.45) is 0 Å². The van der Waals surface area contributed by atoms with Crippen LogP contribution in [0.5, 0.6) is 0 Å². The van der Waals surface area contributed by atoms with Gasteiger partial charge in [-0.1, -0.05) is 11.6 Å². The molecule has 0 spiro atoms. The lowest BCUT2D eigenvalue weighted by Crippen LogP contribution is -2.09. The average Bonchev–Trinajstić information content (AvgIpc) is 2.65. The minimum Gasteiger partial charge on any atom is -0.382 e. The number of hydrogen-bond acceptors (Lipinski definition) is 3. The summed E-state index contributed by atoms with van der Waals surface area (Å²) >= 11 is 5.76. The van der Waals surface area contributed by atoms with E-state index in [1.165, 1.54) is 4.68 Å². The van der Waals surface area contributed by atoms with Crippen LogP contribution in [0.1, 0.15) is 11.3 Å². The Kier molecular flexibility index (Phi) is 3.16. The fraction of sp³-hybridized carbons (Fsp3) is 0.200. The summed E-state index contributed by atoms with van der Waals surface area (Å²) in [7, 11) is 0. The zero-order valence-corrected chi connectivity index (χ0v) is 9.70. The molecule has 0 bridgehead atoms. The van der Waals surface area contributed by atoms with Crippen LogP contribution in [0.15, 0.2) is 24.5 Å². The number of hydrogen-bond donors (Lipinski definition) is 1. The highest BCUT2D eigenvalue weighted by Gasteiger charge is 2.31. The van der Waals surface area contributed by atoms with Crippen LogP contribution in [0.2, 0.25) is 5.02 Å². The Morgan fingerprint density at radius 2 is 2.11 bits per heavy atom. The first-order chi connectivity index (χ1) is 8.36. The van der Waals surface area contributed by atoms with Crippen LogP contribution < -0.4 is 5.73 Å². The van der Waals surface area contributed by atoms with E-state index in [1.807, 2.05) is 0 Å². The second-order valence-corrected chi connectivity index (χ2v) is 4.00. The maximum absolute atomic E-state index is 12.4. The van der Waals surface area contributed by atoms with Gasteiger partial charge >= 0.3 is 6.18 Å². The topological polar surface area (TPSA) is 56.7 Å². The second kappa shape index (κ2) is 4.49. The molecule has 0 aliphatic carbocycles. The second-order valence-electron chi connectivity index (χ2n) is 3.59. The fourth-order valence-electron chi connectivity index (χ4n) is 1.36. The summed E-state index contributed by atoms with van der Waals surface area (Å²) < 4.78 is 38.6. The van der Waals surface area contributed by atoms with Gasteiger partial charge in [0.25, 0.3) is 0 Å². The van der Waals surface area contributed by atoms with Crippen LogP contribution in [0.4, 0.5) is 19.0 Å². The summed E-state index contributed by atoms with van der Waals surface area (Å²) in [6, 6.07) is 2.41. The third kappa shape index (κ3) is 2.73. The molecule has 2 rings (SSSR count). The molecule has 4 nitrogen and oxygen atoms in total. The molecule has 2 aromatic rings. The summed E-state index contributed by atoms with van der Waals surface area (Å²) in [6.45, 7) is 0.161. The van der Waals surface area contributed by atoms with Gasteiger partial charge in [0.05, 0.1) is 22.8 Å². The van der Waals surface area contributed by atoms with Gasteiger partial charge in [-0.15, -0.1) is 0 Å². The van der Waals surface area contributed by atoms with E-state index in [1.54, 1.807) is 12.3 Å². The zero-order chi connectivity index (χ0) is 13.3. The molecule has 0 fully saturated rings. The van der Waals surface area contributed by atoms with E-state index >= 15 is 0 Å². The van der Waals surface area contributed by atoms with Gasteiger partial charge in [0, 0.05) is 12.4 Å². The summed E-state index contributed by atoms with van der Waals surface area (Å²) in [5.41, 5.74) is 4.84. The fourth-order valence-corrected chi connectivity index (χ4v) is 1.58. The minimum absolute atomic E-state index is 0.0566. The quantitative estimate of drug-likeness (QED) is 0.917. The van der Waals surface area contributed by atoms with Gasteiger partial charge in [0.15, 0.2) is 0 Å². The first-order valence-corrected chi connectivity index (χ1v) is 5.24. The van der Waals surface area contributed by atoms with E-state index in [0.717, 1.165) is 12.3 Å². The minimum atomic E-state index is -4.45. The predicted octanol–water partition coefficient (Wildman–Crippen LogP) is 2.58. The van der Waals surface area contributed by atoms with Crippen molar-refractivity contribution < 1.29 is 13.2 Å². The van der Waals surface area contributed by atoms with Gasteiger partial charge in [-0.2, -0.15) is 18.3 Å². The zero-order valence-electron chi connectivity index (χ0n) is 8.95. The molecule has 0 saturated heterocycles. The van der Waals surface area contributed by atoms with E-state index in [4.69, 9.17) is 17.3 Å². The Bertz CT molecular complexity index is 564. The Morgan fingerprint density at radius 1 is 1.39 bits per heavy atom. The van der Waals surface area contributed by atoms with Crippen LogP contribution in [0.3, 0.4) is 0 Å². The normalized spacial score (nSPS) is 11.8. The van der Waals surface area contributed by atoms with Crippen molar-refractivity contribution in [3.05, 3.63) is 40.8 Å². The molecule has 0 amide bonds. The smallest absolute Gasteiger partial charge is 0.382 e. The van der Waals surface area contributed by atoms with Crippen LogP contribution in [-0.2, 0) is 12.7 Å². The molecule has 0 aliphatic heterocycles. The maximum Gasteiger partial charge on any atom is 0.417 e. The third-order valence-electron chi connectivity index (χ3n) is 2.22. The number of rotatable bonds is 2. The van der Waals surface area contributed by atoms with Crippen LogP contribution in [0.25, 0.3) is 0 Å². The van der Waals surface area contributed by atoms with Crippen molar-refractivity contribution in [2.45, 2.75) is 12.7 Å². The molecule has 2 aromatic heterocycles. The van der Waals surface area contributed by atoms with Crippen molar-refractivity contribution in [2.75, 3.05) is 5.73 Å². The van der Waals surface area contributed by atoms with Crippen molar-refractivity contribution in [1.82, 2.24) is 14.8 Å². The average molecular weight is 277 g/mol. The highest BCUT2D eigenvalue weighted by Crippen LogP contribution is 2.31. The summed E-state index contributed by atoms with van der Waals surface area (Å²) in [5, 5.41) is 3.84. The van der Waals surface area contributed by atoms with E-state index in [0.29, 0.717) is 11.5 Å². The van der Waals surface area contributed by atoms with Gasteiger partial charge in [0.1, 0.15) is 5.82 Å². The highest BCUT2D eigenvalue weighted by molar-refractivity contribution is 6.31. The van der Waals surface area contributed by atoms with Crippen LogP contribution in [0, 0.1) is 0 Å². The van der Waals surface area contributed by atoms with E-state index in [-0.39, 0.29) is 11.6 Å². The van der Waals surface area contributed by atoms with Gasteiger partial charge in [-0.3, -0.25) is 9.67 Å². The standard InChI is InChI=1S/C10H8ClF3N4/c11-7-3-6(10(12,13)14)4-16-8(7)5-18-2-1-9(15)17-18/h1-4H,5H2,(H2,15,17). The van der Waals surface area contributed by atoms with Crippen molar-refractivity contribution in [3.63, 3.8) is 0 Å². The molecule has 2 heterocycles. The number of nitrogens with two attached hydrogens (primary N) is 1. The number of nitrogens with zero attached hydrogens (tertiary/aromatic N) is 3. The molecular weight excluding hydrogens is 269 g/mol.